The molecule has 1 aliphatic rings. The molecule has 1 saturated heterocycles. The summed E-state index contributed by atoms with van der Waals surface area (Å²) >= 11 is 1.62. The van der Waals surface area contributed by atoms with Crippen LogP contribution in [0.3, 0.4) is 0 Å². The van der Waals surface area contributed by atoms with Crippen LogP contribution in [0.25, 0.3) is 0 Å². The van der Waals surface area contributed by atoms with Crippen LogP contribution in [0.5, 0.6) is 0 Å². The molecule has 2 atom stereocenters. The minimum Gasteiger partial charge on any atom is -0.389 e. The Labute approximate surface area is 86.8 Å². The summed E-state index contributed by atoms with van der Waals surface area (Å²) < 4.78 is 0. The number of aromatic nitrogens is 1. The maximum absolute atomic E-state index is 9.34. The zero-order valence-electron chi connectivity index (χ0n) is 8.05. The molecule has 5 heteroatoms. The van der Waals surface area contributed by atoms with Crippen molar-refractivity contribution < 1.29 is 10.2 Å². The van der Waals surface area contributed by atoms with E-state index in [2.05, 4.69) is 4.98 Å². The van der Waals surface area contributed by atoms with Crippen LogP contribution in [0.2, 0.25) is 0 Å². The second kappa shape index (κ2) is 3.94. The van der Waals surface area contributed by atoms with Crippen molar-refractivity contribution in [3.8, 4) is 0 Å². The normalized spacial score (nSPS) is 28.5. The molecule has 0 amide bonds. The molecule has 1 aromatic heterocycles. The first-order valence-electron chi connectivity index (χ1n) is 4.64. The highest BCUT2D eigenvalue weighted by Crippen LogP contribution is 2.16. The SMILES string of the molecule is Cc1csc(CN2C[C@@H](O)[C@@H](O)C2)n1. The molecular weight excluding hydrogens is 200 g/mol. The fraction of sp³-hybridized carbons (Fsp3) is 0.667. The number of aliphatic hydroxyl groups excluding tert-OH is 2. The van der Waals surface area contributed by atoms with E-state index in [9.17, 15) is 10.2 Å². The largest absolute Gasteiger partial charge is 0.389 e. The summed E-state index contributed by atoms with van der Waals surface area (Å²) in [6, 6.07) is 0. The highest BCUT2D eigenvalue weighted by Gasteiger charge is 2.29. The van der Waals surface area contributed by atoms with Gasteiger partial charge in [-0.1, -0.05) is 0 Å². The molecule has 2 heterocycles. The van der Waals surface area contributed by atoms with Crippen molar-refractivity contribution >= 4 is 11.3 Å². The zero-order chi connectivity index (χ0) is 10.1. The van der Waals surface area contributed by atoms with Crippen LogP contribution in [-0.4, -0.2) is 45.4 Å². The molecule has 0 saturated carbocycles. The highest BCUT2D eigenvalue weighted by molar-refractivity contribution is 7.09. The Morgan fingerprint density at radius 3 is 2.64 bits per heavy atom. The van der Waals surface area contributed by atoms with E-state index < -0.39 is 12.2 Å². The minimum atomic E-state index is -0.601. The van der Waals surface area contributed by atoms with E-state index in [1.807, 2.05) is 17.2 Å². The maximum atomic E-state index is 9.34. The van der Waals surface area contributed by atoms with Crippen molar-refractivity contribution in [3.05, 3.63) is 16.1 Å². The highest BCUT2D eigenvalue weighted by atomic mass is 32.1. The summed E-state index contributed by atoms with van der Waals surface area (Å²) in [7, 11) is 0. The molecule has 2 N–H and O–H groups in total. The molecule has 78 valence electrons. The Morgan fingerprint density at radius 2 is 2.14 bits per heavy atom. The molecule has 4 nitrogen and oxygen atoms in total. The number of hydrogen-bond donors (Lipinski definition) is 2. The molecule has 1 aromatic rings. The van der Waals surface area contributed by atoms with Crippen LogP contribution in [-0.2, 0) is 6.54 Å². The van der Waals surface area contributed by atoms with Gasteiger partial charge in [0.25, 0.3) is 0 Å². The third-order valence-electron chi connectivity index (χ3n) is 2.36. The Morgan fingerprint density at radius 1 is 1.50 bits per heavy atom. The molecule has 14 heavy (non-hydrogen) atoms. The third-order valence-corrected chi connectivity index (χ3v) is 3.31. The van der Waals surface area contributed by atoms with E-state index in [0.29, 0.717) is 13.1 Å². The molecule has 2 rings (SSSR count). The number of β-amino-alcohol motifs (C(OH)–C–C–N with tert-alkyl or cyclic N) is 2. The second-order valence-electron chi connectivity index (χ2n) is 3.71. The van der Waals surface area contributed by atoms with E-state index in [4.69, 9.17) is 0 Å². The van der Waals surface area contributed by atoms with Crippen LogP contribution in [0, 0.1) is 6.92 Å². The van der Waals surface area contributed by atoms with Crippen molar-refractivity contribution in [1.82, 2.24) is 9.88 Å². The van der Waals surface area contributed by atoms with Crippen LogP contribution < -0.4 is 0 Å². The van der Waals surface area contributed by atoms with Crippen molar-refractivity contribution in [2.24, 2.45) is 0 Å². The summed E-state index contributed by atoms with van der Waals surface area (Å²) in [6.45, 7) is 3.78. The monoisotopic (exact) mass is 214 g/mol. The van der Waals surface area contributed by atoms with Gasteiger partial charge in [0.15, 0.2) is 0 Å². The van der Waals surface area contributed by atoms with Gasteiger partial charge in [-0.25, -0.2) is 4.98 Å². The topological polar surface area (TPSA) is 56.6 Å². The number of thiazole rings is 1. The molecular formula is C9H14N2O2S. The molecule has 0 bridgehead atoms. The first kappa shape index (κ1) is 10.0. The number of rotatable bonds is 2. The standard InChI is InChI=1S/C9H14N2O2S/c1-6-5-14-9(10-6)4-11-2-7(12)8(13)3-11/h5,7-8,12-13H,2-4H2,1H3/t7-,8+. The number of aliphatic hydroxyl groups is 2. The Hall–Kier alpha value is -0.490. The van der Waals surface area contributed by atoms with Gasteiger partial charge < -0.3 is 10.2 Å². The minimum absolute atomic E-state index is 0.541. The Kier molecular flexibility index (Phi) is 2.83. The fourth-order valence-corrected chi connectivity index (χ4v) is 2.46. The predicted molar refractivity (Wildman–Crippen MR) is 54.1 cm³/mol. The fourth-order valence-electron chi connectivity index (χ4n) is 1.64. The van der Waals surface area contributed by atoms with E-state index in [0.717, 1.165) is 17.2 Å². The van der Waals surface area contributed by atoms with Crippen molar-refractivity contribution in [3.63, 3.8) is 0 Å². The third kappa shape index (κ3) is 2.12. The molecule has 0 radical (unpaired) electrons. The number of hydrogen-bond acceptors (Lipinski definition) is 5. The lowest BCUT2D eigenvalue weighted by Gasteiger charge is -2.11. The summed E-state index contributed by atoms with van der Waals surface area (Å²) in [6.07, 6.45) is -1.20. The number of nitrogens with zero attached hydrogens (tertiary/aromatic N) is 2. The zero-order valence-corrected chi connectivity index (χ0v) is 8.87. The van der Waals surface area contributed by atoms with Gasteiger partial charge in [0, 0.05) is 24.2 Å². The summed E-state index contributed by atoms with van der Waals surface area (Å²) in [5.74, 6) is 0. The van der Waals surface area contributed by atoms with E-state index >= 15 is 0 Å². The molecule has 0 spiro atoms. The summed E-state index contributed by atoms with van der Waals surface area (Å²) in [4.78, 5) is 6.36. The van der Waals surface area contributed by atoms with Gasteiger partial charge in [0.05, 0.1) is 18.8 Å². The van der Waals surface area contributed by atoms with Crippen molar-refractivity contribution in [2.45, 2.75) is 25.7 Å². The predicted octanol–water partition coefficient (Wildman–Crippen LogP) is -0.0111. The smallest absolute Gasteiger partial charge is 0.107 e. The van der Waals surface area contributed by atoms with Crippen LogP contribution in [0.4, 0.5) is 0 Å². The lowest BCUT2D eigenvalue weighted by molar-refractivity contribution is 0.0572. The van der Waals surface area contributed by atoms with Gasteiger partial charge in [-0.15, -0.1) is 11.3 Å². The number of likely N-dealkylation sites (tertiary alicyclic amines) is 1. The second-order valence-corrected chi connectivity index (χ2v) is 4.65. The van der Waals surface area contributed by atoms with Crippen LogP contribution in [0.1, 0.15) is 10.7 Å². The maximum Gasteiger partial charge on any atom is 0.107 e. The van der Waals surface area contributed by atoms with E-state index in [-0.39, 0.29) is 0 Å². The average Bonchev–Trinajstić information content (AvgIpc) is 2.62. The van der Waals surface area contributed by atoms with Crippen LogP contribution >= 0.6 is 11.3 Å². The summed E-state index contributed by atoms with van der Waals surface area (Å²) in [5.41, 5.74) is 1.03. The lowest BCUT2D eigenvalue weighted by Crippen LogP contribution is -2.22. The first-order chi connectivity index (χ1) is 6.65. The molecule has 0 aromatic carbocycles. The average molecular weight is 214 g/mol. The van der Waals surface area contributed by atoms with E-state index in [1.165, 1.54) is 0 Å². The van der Waals surface area contributed by atoms with Gasteiger partial charge in [-0.3, -0.25) is 4.90 Å². The molecule has 1 fully saturated rings. The first-order valence-corrected chi connectivity index (χ1v) is 5.52. The quantitative estimate of drug-likeness (QED) is 0.727. The Balaban J connectivity index is 1.93. The number of aryl methyl sites for hydroxylation is 1. The van der Waals surface area contributed by atoms with Gasteiger partial charge in [-0.05, 0) is 6.92 Å². The lowest BCUT2D eigenvalue weighted by atomic mass is 10.3. The Bertz CT molecular complexity index is 306. The molecule has 1 aliphatic heterocycles. The summed E-state index contributed by atoms with van der Waals surface area (Å²) in [5, 5.41) is 21.7. The van der Waals surface area contributed by atoms with Crippen molar-refractivity contribution in [2.75, 3.05) is 13.1 Å². The van der Waals surface area contributed by atoms with E-state index in [1.54, 1.807) is 11.3 Å². The van der Waals surface area contributed by atoms with Crippen LogP contribution in [0.15, 0.2) is 5.38 Å². The molecule has 0 unspecified atom stereocenters. The van der Waals surface area contributed by atoms with Gasteiger partial charge in [-0.2, -0.15) is 0 Å². The van der Waals surface area contributed by atoms with Crippen molar-refractivity contribution in [1.29, 1.82) is 0 Å². The van der Waals surface area contributed by atoms with Gasteiger partial charge in [0.2, 0.25) is 0 Å². The van der Waals surface area contributed by atoms with Gasteiger partial charge >= 0.3 is 0 Å². The van der Waals surface area contributed by atoms with Gasteiger partial charge in [0.1, 0.15) is 5.01 Å². The molecule has 0 aliphatic carbocycles.